The Morgan fingerprint density at radius 3 is 2.94 bits per heavy atom. The summed E-state index contributed by atoms with van der Waals surface area (Å²) in [6, 6.07) is 2.12. The van der Waals surface area contributed by atoms with Crippen molar-refractivity contribution < 1.29 is 0 Å². The molecule has 1 saturated heterocycles. The highest BCUT2D eigenvalue weighted by Gasteiger charge is 2.25. The van der Waals surface area contributed by atoms with Crippen LogP contribution < -0.4 is 5.73 Å². The van der Waals surface area contributed by atoms with Crippen molar-refractivity contribution in [2.24, 2.45) is 11.7 Å². The van der Waals surface area contributed by atoms with Crippen molar-refractivity contribution in [1.82, 2.24) is 14.9 Å². The van der Waals surface area contributed by atoms with E-state index >= 15 is 0 Å². The highest BCUT2D eigenvalue weighted by molar-refractivity contribution is 6.29. The van der Waals surface area contributed by atoms with E-state index in [0.29, 0.717) is 17.1 Å². The Bertz CT molecular complexity index is 390. The number of halogens is 1. The summed E-state index contributed by atoms with van der Waals surface area (Å²) in [6.45, 7) is 6.97. The van der Waals surface area contributed by atoms with Gasteiger partial charge in [0.25, 0.3) is 0 Å². The molecule has 2 unspecified atom stereocenters. The number of aromatic nitrogens is 2. The number of aryl methyl sites for hydroxylation is 1. The molecule has 1 aliphatic heterocycles. The summed E-state index contributed by atoms with van der Waals surface area (Å²) in [7, 11) is 0. The van der Waals surface area contributed by atoms with Gasteiger partial charge in [-0.05, 0) is 25.3 Å². The molecule has 0 radical (unpaired) electrons. The molecule has 0 bridgehead atoms. The highest BCUT2D eigenvalue weighted by Crippen LogP contribution is 2.20. The van der Waals surface area contributed by atoms with Crippen molar-refractivity contribution >= 4 is 11.6 Å². The van der Waals surface area contributed by atoms with Crippen molar-refractivity contribution in [3.63, 3.8) is 0 Å². The monoisotopic (exact) mass is 268 g/mol. The first-order valence-electron chi connectivity index (χ1n) is 6.56. The van der Waals surface area contributed by atoms with E-state index in [4.69, 9.17) is 17.3 Å². The van der Waals surface area contributed by atoms with Crippen LogP contribution in [-0.2, 0) is 6.54 Å². The fraction of sp³-hybridized carbons (Fsp3) is 0.692. The molecule has 0 aliphatic carbocycles. The van der Waals surface area contributed by atoms with Gasteiger partial charge < -0.3 is 5.73 Å². The molecule has 4 nitrogen and oxygen atoms in total. The number of hydrogen-bond donors (Lipinski definition) is 1. The zero-order chi connectivity index (χ0) is 13.1. The average Bonchev–Trinajstić information content (AvgIpc) is 2.30. The molecule has 0 spiro atoms. The van der Waals surface area contributed by atoms with Crippen LogP contribution in [0.3, 0.4) is 0 Å². The lowest BCUT2D eigenvalue weighted by molar-refractivity contribution is 0.142. The third kappa shape index (κ3) is 3.40. The molecule has 2 N–H and O–H groups in total. The van der Waals surface area contributed by atoms with Gasteiger partial charge in [-0.2, -0.15) is 0 Å². The summed E-state index contributed by atoms with van der Waals surface area (Å²) in [5.74, 6) is 1.39. The Balaban J connectivity index is 2.01. The van der Waals surface area contributed by atoms with Crippen LogP contribution in [0.1, 0.15) is 31.3 Å². The van der Waals surface area contributed by atoms with Gasteiger partial charge >= 0.3 is 0 Å². The van der Waals surface area contributed by atoms with E-state index in [9.17, 15) is 0 Å². The number of rotatable bonds is 3. The zero-order valence-electron chi connectivity index (χ0n) is 11.1. The molecule has 2 atom stereocenters. The molecule has 0 amide bonds. The van der Waals surface area contributed by atoms with Crippen molar-refractivity contribution in [3.05, 3.63) is 22.7 Å². The SMILES string of the molecule is CCC1CN(Cc2nc(C)cc(Cl)n2)CCC1N. The average molecular weight is 269 g/mol. The first-order chi connectivity index (χ1) is 8.58. The minimum absolute atomic E-state index is 0.341. The summed E-state index contributed by atoms with van der Waals surface area (Å²) in [5.41, 5.74) is 7.04. The first-order valence-corrected chi connectivity index (χ1v) is 6.94. The third-order valence-corrected chi connectivity index (χ3v) is 3.83. The molecule has 2 heterocycles. The number of likely N-dealkylation sites (tertiary alicyclic amines) is 1. The van der Waals surface area contributed by atoms with Crippen molar-refractivity contribution in [1.29, 1.82) is 0 Å². The quantitative estimate of drug-likeness (QED) is 0.852. The molecule has 0 aromatic carbocycles. The standard InChI is InChI=1S/C13H21ClN4/c1-3-10-7-18(5-4-11(10)15)8-13-16-9(2)6-12(14)17-13/h6,10-11H,3-5,7-8,15H2,1-2H3. The van der Waals surface area contributed by atoms with Gasteiger partial charge in [0.15, 0.2) is 0 Å². The number of hydrogen-bond acceptors (Lipinski definition) is 4. The maximum atomic E-state index is 6.11. The van der Waals surface area contributed by atoms with Gasteiger partial charge in [-0.15, -0.1) is 0 Å². The molecule has 18 heavy (non-hydrogen) atoms. The van der Waals surface area contributed by atoms with Crippen molar-refractivity contribution in [3.8, 4) is 0 Å². The summed E-state index contributed by atoms with van der Waals surface area (Å²) in [5, 5.41) is 0.526. The Hall–Kier alpha value is -0.710. The largest absolute Gasteiger partial charge is 0.327 e. The molecule has 1 aromatic heterocycles. The Morgan fingerprint density at radius 2 is 2.28 bits per heavy atom. The minimum Gasteiger partial charge on any atom is -0.327 e. The second kappa shape index (κ2) is 5.95. The highest BCUT2D eigenvalue weighted by atomic mass is 35.5. The van der Waals surface area contributed by atoms with E-state index in [2.05, 4.69) is 21.8 Å². The molecular formula is C13H21ClN4. The second-order valence-corrected chi connectivity index (χ2v) is 5.49. The zero-order valence-corrected chi connectivity index (χ0v) is 11.8. The summed E-state index contributed by atoms with van der Waals surface area (Å²) >= 11 is 5.96. The number of nitrogens with zero attached hydrogens (tertiary/aromatic N) is 3. The van der Waals surface area contributed by atoms with Crippen LogP contribution in [0, 0.1) is 12.8 Å². The van der Waals surface area contributed by atoms with E-state index in [1.54, 1.807) is 6.07 Å². The molecule has 100 valence electrons. The minimum atomic E-state index is 0.341. The van der Waals surface area contributed by atoms with Crippen molar-refractivity contribution in [2.75, 3.05) is 13.1 Å². The molecule has 1 fully saturated rings. The third-order valence-electron chi connectivity index (χ3n) is 3.64. The van der Waals surface area contributed by atoms with Crippen LogP contribution in [0.25, 0.3) is 0 Å². The van der Waals surface area contributed by atoms with Crippen LogP contribution >= 0.6 is 11.6 Å². The fourth-order valence-corrected chi connectivity index (χ4v) is 2.82. The van der Waals surface area contributed by atoms with E-state index in [0.717, 1.165) is 44.0 Å². The van der Waals surface area contributed by atoms with Gasteiger partial charge in [-0.1, -0.05) is 24.9 Å². The lowest BCUT2D eigenvalue weighted by Gasteiger charge is -2.36. The van der Waals surface area contributed by atoms with E-state index in [1.165, 1.54) is 0 Å². The topological polar surface area (TPSA) is 55.0 Å². The second-order valence-electron chi connectivity index (χ2n) is 5.10. The Morgan fingerprint density at radius 1 is 1.50 bits per heavy atom. The summed E-state index contributed by atoms with van der Waals surface area (Å²) in [6.07, 6.45) is 2.19. The lowest BCUT2D eigenvalue weighted by atomic mass is 9.91. The first kappa shape index (κ1) is 13.7. The molecule has 0 saturated carbocycles. The van der Waals surface area contributed by atoms with Gasteiger partial charge in [-0.25, -0.2) is 9.97 Å². The number of nitrogens with two attached hydrogens (primary N) is 1. The van der Waals surface area contributed by atoms with E-state index < -0.39 is 0 Å². The van der Waals surface area contributed by atoms with Crippen molar-refractivity contribution in [2.45, 2.75) is 39.3 Å². The predicted octanol–water partition coefficient (Wildman–Crippen LogP) is 2.00. The van der Waals surface area contributed by atoms with Gasteiger partial charge in [0.1, 0.15) is 11.0 Å². The predicted molar refractivity (Wildman–Crippen MR) is 73.4 cm³/mol. The van der Waals surface area contributed by atoms with Crippen LogP contribution in [-0.4, -0.2) is 34.0 Å². The van der Waals surface area contributed by atoms with Gasteiger partial charge in [0, 0.05) is 24.8 Å². The number of piperidine rings is 1. The Kier molecular flexibility index (Phi) is 4.54. The smallest absolute Gasteiger partial charge is 0.144 e. The maximum Gasteiger partial charge on any atom is 0.144 e. The van der Waals surface area contributed by atoms with Crippen LogP contribution in [0.2, 0.25) is 5.15 Å². The molecule has 1 aliphatic rings. The van der Waals surface area contributed by atoms with Gasteiger partial charge in [0.05, 0.1) is 6.54 Å². The van der Waals surface area contributed by atoms with Gasteiger partial charge in [-0.3, -0.25) is 4.90 Å². The molecular weight excluding hydrogens is 248 g/mol. The molecule has 2 rings (SSSR count). The van der Waals surface area contributed by atoms with Crippen LogP contribution in [0.5, 0.6) is 0 Å². The van der Waals surface area contributed by atoms with Crippen LogP contribution in [0.4, 0.5) is 0 Å². The molecule has 1 aromatic rings. The van der Waals surface area contributed by atoms with E-state index in [1.807, 2.05) is 6.92 Å². The summed E-state index contributed by atoms with van der Waals surface area (Å²) < 4.78 is 0. The molecule has 5 heteroatoms. The normalized spacial score (nSPS) is 25.3. The lowest BCUT2D eigenvalue weighted by Crippen LogP contribution is -2.46. The maximum absolute atomic E-state index is 6.11. The fourth-order valence-electron chi connectivity index (χ4n) is 2.56. The van der Waals surface area contributed by atoms with Crippen LogP contribution in [0.15, 0.2) is 6.07 Å². The Labute approximate surface area is 114 Å². The van der Waals surface area contributed by atoms with E-state index in [-0.39, 0.29) is 0 Å². The van der Waals surface area contributed by atoms with Gasteiger partial charge in [0.2, 0.25) is 0 Å². The summed E-state index contributed by atoms with van der Waals surface area (Å²) in [4.78, 5) is 11.1.